The molecule has 0 aliphatic heterocycles. The number of hydrogen-bond acceptors (Lipinski definition) is 4. The predicted molar refractivity (Wildman–Crippen MR) is 122 cm³/mol. The van der Waals surface area contributed by atoms with Gasteiger partial charge in [0.25, 0.3) is 5.91 Å². The Morgan fingerprint density at radius 1 is 0.938 bits per heavy atom. The van der Waals surface area contributed by atoms with E-state index in [0.29, 0.717) is 11.1 Å². The number of carbonyl (C=O) groups is 3. The average molecular weight is 472 g/mol. The van der Waals surface area contributed by atoms with Crippen LogP contribution in [-0.2, 0) is 16.0 Å². The molecule has 0 saturated carbocycles. The maximum Gasteiger partial charge on any atom is 0.336 e. The summed E-state index contributed by atoms with van der Waals surface area (Å²) in [6.07, 6.45) is 0.154. The zero-order chi connectivity index (χ0) is 23.3. The smallest absolute Gasteiger partial charge is 0.336 e. The number of halogens is 2. The predicted octanol–water partition coefficient (Wildman–Crippen LogP) is 4.87. The van der Waals surface area contributed by atoms with Crippen molar-refractivity contribution in [2.45, 2.75) is 12.5 Å². The van der Waals surface area contributed by atoms with Gasteiger partial charge in [-0.25, -0.2) is 9.59 Å². The molecule has 0 spiro atoms. The topological polar surface area (TPSA) is 92.7 Å². The summed E-state index contributed by atoms with van der Waals surface area (Å²) in [6.45, 7) is 0. The lowest BCUT2D eigenvalue weighted by molar-refractivity contribution is -0.142. The first kappa shape index (κ1) is 23.3. The Hall–Kier alpha value is -3.35. The van der Waals surface area contributed by atoms with Crippen LogP contribution in [-0.4, -0.2) is 36.1 Å². The zero-order valence-corrected chi connectivity index (χ0v) is 18.5. The normalized spacial score (nSPS) is 11.5. The molecular weight excluding hydrogens is 453 g/mol. The third-order valence-corrected chi connectivity index (χ3v) is 5.47. The maximum absolute atomic E-state index is 12.7. The van der Waals surface area contributed by atoms with Crippen molar-refractivity contribution in [3.63, 3.8) is 0 Å². The van der Waals surface area contributed by atoms with Gasteiger partial charge in [-0.05, 0) is 34.9 Å². The third-order valence-electron chi connectivity index (χ3n) is 4.84. The van der Waals surface area contributed by atoms with Crippen molar-refractivity contribution in [1.29, 1.82) is 0 Å². The van der Waals surface area contributed by atoms with Crippen molar-refractivity contribution in [3.05, 3.63) is 93.5 Å². The summed E-state index contributed by atoms with van der Waals surface area (Å²) >= 11 is 12.2. The van der Waals surface area contributed by atoms with Gasteiger partial charge in [0.1, 0.15) is 6.04 Å². The van der Waals surface area contributed by atoms with Crippen molar-refractivity contribution >= 4 is 41.0 Å². The van der Waals surface area contributed by atoms with Crippen molar-refractivity contribution in [3.8, 4) is 11.1 Å². The number of amides is 1. The van der Waals surface area contributed by atoms with E-state index in [1.807, 2.05) is 0 Å². The quantitative estimate of drug-likeness (QED) is 0.479. The molecule has 0 radical (unpaired) electrons. The lowest BCUT2D eigenvalue weighted by atomic mass is 9.97. The van der Waals surface area contributed by atoms with Gasteiger partial charge in [-0.15, -0.1) is 0 Å². The first-order chi connectivity index (χ1) is 15.3. The van der Waals surface area contributed by atoms with Crippen LogP contribution in [0.1, 0.15) is 26.3 Å². The van der Waals surface area contributed by atoms with E-state index in [4.69, 9.17) is 27.9 Å². The summed E-state index contributed by atoms with van der Waals surface area (Å²) in [5.74, 6) is -2.23. The highest BCUT2D eigenvalue weighted by Crippen LogP contribution is 2.26. The second kappa shape index (κ2) is 10.3. The Morgan fingerprint density at radius 3 is 2.16 bits per heavy atom. The third kappa shape index (κ3) is 5.28. The first-order valence-corrected chi connectivity index (χ1v) is 10.3. The molecule has 1 atom stereocenters. The molecular formula is C24H19Cl2NO5. The van der Waals surface area contributed by atoms with E-state index >= 15 is 0 Å². The number of carboxylic acid groups (broad SMARTS) is 1. The fourth-order valence-corrected chi connectivity index (χ4v) is 3.83. The van der Waals surface area contributed by atoms with Gasteiger partial charge >= 0.3 is 11.9 Å². The lowest BCUT2D eigenvalue weighted by Gasteiger charge is -2.18. The number of nitrogens with one attached hydrogen (secondary N) is 1. The van der Waals surface area contributed by atoms with Crippen LogP contribution in [0.5, 0.6) is 0 Å². The highest BCUT2D eigenvalue weighted by atomic mass is 35.5. The van der Waals surface area contributed by atoms with Gasteiger partial charge < -0.3 is 15.2 Å². The number of hydrogen-bond donors (Lipinski definition) is 2. The molecule has 32 heavy (non-hydrogen) atoms. The maximum atomic E-state index is 12.7. The first-order valence-electron chi connectivity index (χ1n) is 9.56. The van der Waals surface area contributed by atoms with Gasteiger partial charge in [-0.2, -0.15) is 0 Å². The number of benzene rings is 3. The minimum Gasteiger partial charge on any atom is -0.478 e. The molecule has 3 aromatic rings. The van der Waals surface area contributed by atoms with Crippen LogP contribution in [0.2, 0.25) is 10.0 Å². The molecule has 0 aromatic heterocycles. The van der Waals surface area contributed by atoms with Gasteiger partial charge in [-0.1, -0.05) is 71.7 Å². The lowest BCUT2D eigenvalue weighted by Crippen LogP contribution is -2.43. The summed E-state index contributed by atoms with van der Waals surface area (Å²) in [6, 6.07) is 17.4. The number of methoxy groups -OCH3 is 1. The largest absolute Gasteiger partial charge is 0.478 e. The SMILES string of the molecule is COC(=O)[C@H](Cc1ccc(-c2ccccc2C(=O)O)cc1)NC(=O)c1c(Cl)cccc1Cl. The molecule has 3 aromatic carbocycles. The van der Waals surface area contributed by atoms with Crippen molar-refractivity contribution in [2.75, 3.05) is 7.11 Å². The molecule has 0 bridgehead atoms. The molecule has 6 nitrogen and oxygen atoms in total. The molecule has 1 amide bonds. The minimum atomic E-state index is -1.02. The van der Waals surface area contributed by atoms with E-state index in [0.717, 1.165) is 5.56 Å². The van der Waals surface area contributed by atoms with E-state index in [1.165, 1.54) is 25.3 Å². The van der Waals surface area contributed by atoms with Crippen molar-refractivity contribution in [1.82, 2.24) is 5.32 Å². The number of ether oxygens (including phenoxy) is 1. The van der Waals surface area contributed by atoms with Crippen LogP contribution in [0.4, 0.5) is 0 Å². The van der Waals surface area contributed by atoms with E-state index in [9.17, 15) is 19.5 Å². The molecule has 0 aliphatic carbocycles. The Bertz CT molecular complexity index is 1140. The Kier molecular flexibility index (Phi) is 7.51. The van der Waals surface area contributed by atoms with Gasteiger partial charge in [0.05, 0.1) is 28.3 Å². The van der Waals surface area contributed by atoms with Crippen LogP contribution in [0.25, 0.3) is 11.1 Å². The highest BCUT2D eigenvalue weighted by molar-refractivity contribution is 6.39. The number of rotatable bonds is 7. The highest BCUT2D eigenvalue weighted by Gasteiger charge is 2.25. The van der Waals surface area contributed by atoms with Crippen LogP contribution in [0.3, 0.4) is 0 Å². The molecule has 0 aliphatic rings. The van der Waals surface area contributed by atoms with Crippen LogP contribution in [0.15, 0.2) is 66.7 Å². The van der Waals surface area contributed by atoms with E-state index in [1.54, 1.807) is 48.5 Å². The Labute approximate surface area is 194 Å². The summed E-state index contributed by atoms with van der Waals surface area (Å²) in [4.78, 5) is 36.5. The number of esters is 1. The van der Waals surface area contributed by atoms with E-state index in [-0.39, 0.29) is 27.6 Å². The number of carbonyl (C=O) groups excluding carboxylic acids is 2. The molecule has 8 heteroatoms. The summed E-state index contributed by atoms with van der Waals surface area (Å²) in [7, 11) is 1.23. The average Bonchev–Trinajstić information content (AvgIpc) is 2.78. The summed E-state index contributed by atoms with van der Waals surface area (Å²) < 4.78 is 4.83. The van der Waals surface area contributed by atoms with E-state index in [2.05, 4.69) is 5.32 Å². The fourth-order valence-electron chi connectivity index (χ4n) is 3.26. The Morgan fingerprint density at radius 2 is 1.56 bits per heavy atom. The molecule has 164 valence electrons. The zero-order valence-electron chi connectivity index (χ0n) is 17.0. The number of aromatic carboxylic acids is 1. The fraction of sp³-hybridized carbons (Fsp3) is 0.125. The van der Waals surface area contributed by atoms with Gasteiger partial charge in [0.15, 0.2) is 0 Å². The summed E-state index contributed by atoms with van der Waals surface area (Å²) in [5, 5.41) is 12.4. The molecule has 0 heterocycles. The molecule has 0 unspecified atom stereocenters. The van der Waals surface area contributed by atoms with Gasteiger partial charge in [-0.3, -0.25) is 4.79 Å². The molecule has 2 N–H and O–H groups in total. The van der Waals surface area contributed by atoms with Crippen LogP contribution >= 0.6 is 23.2 Å². The monoisotopic (exact) mass is 471 g/mol. The van der Waals surface area contributed by atoms with Crippen molar-refractivity contribution < 1.29 is 24.2 Å². The summed E-state index contributed by atoms with van der Waals surface area (Å²) in [5.41, 5.74) is 2.30. The second-order valence-corrected chi connectivity index (χ2v) is 7.71. The van der Waals surface area contributed by atoms with Crippen LogP contribution in [0, 0.1) is 0 Å². The molecule has 3 rings (SSSR count). The minimum absolute atomic E-state index is 0.0744. The van der Waals surface area contributed by atoms with Gasteiger partial charge in [0, 0.05) is 6.42 Å². The molecule has 0 saturated heterocycles. The number of carboxylic acids is 1. The van der Waals surface area contributed by atoms with Crippen molar-refractivity contribution in [2.24, 2.45) is 0 Å². The van der Waals surface area contributed by atoms with Gasteiger partial charge in [0.2, 0.25) is 0 Å². The standard InChI is InChI=1S/C24H19Cl2NO5/c1-32-24(31)20(27-22(28)21-18(25)7-4-8-19(21)26)13-14-9-11-15(12-10-14)16-5-2-3-6-17(16)23(29)30/h2-12,20H,13H2,1H3,(H,27,28)(H,29,30)/t20-/m0/s1. The Balaban J connectivity index is 1.82. The molecule has 0 fully saturated rings. The second-order valence-electron chi connectivity index (χ2n) is 6.90. The van der Waals surface area contributed by atoms with Crippen LogP contribution < -0.4 is 5.32 Å². The van der Waals surface area contributed by atoms with E-state index < -0.39 is 23.9 Å².